The third kappa shape index (κ3) is 4.08. The molecule has 0 rings (SSSR count). The summed E-state index contributed by atoms with van der Waals surface area (Å²) < 4.78 is 0. The van der Waals surface area contributed by atoms with Gasteiger partial charge >= 0.3 is 0 Å². The van der Waals surface area contributed by atoms with Crippen molar-refractivity contribution in [1.29, 1.82) is 5.26 Å². The first-order valence-electron chi connectivity index (χ1n) is 5.36. The number of hydrogen-bond acceptors (Lipinski definition) is 3. The first-order valence-corrected chi connectivity index (χ1v) is 5.36. The van der Waals surface area contributed by atoms with Gasteiger partial charge in [0.15, 0.2) is 0 Å². The van der Waals surface area contributed by atoms with E-state index in [1.807, 2.05) is 0 Å². The highest BCUT2D eigenvalue weighted by Crippen LogP contribution is 2.08. The van der Waals surface area contributed by atoms with Crippen molar-refractivity contribution in [3.05, 3.63) is 0 Å². The average molecular weight is 197 g/mol. The average Bonchev–Trinajstić information content (AvgIpc) is 2.12. The van der Waals surface area contributed by atoms with Crippen LogP contribution in [0.5, 0.6) is 0 Å². The Hall–Kier alpha value is -0.590. The second-order valence-corrected chi connectivity index (χ2v) is 3.99. The Balaban J connectivity index is 4.31. The maximum atomic E-state index is 9.01. The van der Waals surface area contributed by atoms with Crippen molar-refractivity contribution in [2.24, 2.45) is 0 Å². The third-order valence-electron chi connectivity index (χ3n) is 2.50. The van der Waals surface area contributed by atoms with Crippen LogP contribution in [0.2, 0.25) is 0 Å². The van der Waals surface area contributed by atoms with Crippen molar-refractivity contribution < 1.29 is 0 Å². The Morgan fingerprint density at radius 3 is 2.14 bits per heavy atom. The molecule has 0 aromatic heterocycles. The molecule has 0 aliphatic rings. The molecule has 3 heteroatoms. The Morgan fingerprint density at radius 2 is 1.86 bits per heavy atom. The van der Waals surface area contributed by atoms with Gasteiger partial charge in [-0.25, -0.2) is 0 Å². The number of hydrogen-bond donors (Lipinski definition) is 0. The molecule has 82 valence electrons. The number of likely N-dealkylation sites (N-methyl/N-ethyl adjacent to an activating group) is 2. The minimum Gasteiger partial charge on any atom is -0.308 e. The maximum absolute atomic E-state index is 9.01. The van der Waals surface area contributed by atoms with Gasteiger partial charge in [0.2, 0.25) is 0 Å². The van der Waals surface area contributed by atoms with Crippen molar-refractivity contribution in [1.82, 2.24) is 9.80 Å². The van der Waals surface area contributed by atoms with Crippen molar-refractivity contribution in [2.75, 3.05) is 27.2 Å². The highest BCUT2D eigenvalue weighted by molar-refractivity contribution is 4.92. The van der Waals surface area contributed by atoms with Gasteiger partial charge in [-0.05, 0) is 34.0 Å². The number of nitriles is 1. The molecule has 0 N–H and O–H groups in total. The van der Waals surface area contributed by atoms with Crippen LogP contribution in [0.15, 0.2) is 0 Å². The lowest BCUT2D eigenvalue weighted by atomic mass is 10.1. The number of rotatable bonds is 6. The van der Waals surface area contributed by atoms with E-state index >= 15 is 0 Å². The summed E-state index contributed by atoms with van der Waals surface area (Å²) >= 11 is 0. The SMILES string of the molecule is CCC(C#N)N(CC)C(C)CN(C)C. The zero-order valence-corrected chi connectivity index (χ0v) is 10.1. The van der Waals surface area contributed by atoms with Crippen molar-refractivity contribution in [3.8, 4) is 6.07 Å². The summed E-state index contributed by atoms with van der Waals surface area (Å²) in [7, 11) is 4.13. The monoisotopic (exact) mass is 197 g/mol. The summed E-state index contributed by atoms with van der Waals surface area (Å²) in [6.07, 6.45) is 0.905. The molecule has 0 saturated heterocycles. The van der Waals surface area contributed by atoms with Gasteiger partial charge in [-0.2, -0.15) is 5.26 Å². The molecule has 3 nitrogen and oxygen atoms in total. The fraction of sp³-hybridized carbons (Fsp3) is 0.909. The fourth-order valence-electron chi connectivity index (χ4n) is 1.87. The predicted octanol–water partition coefficient (Wildman–Crippen LogP) is 1.56. The molecule has 0 aromatic rings. The van der Waals surface area contributed by atoms with E-state index < -0.39 is 0 Å². The largest absolute Gasteiger partial charge is 0.308 e. The van der Waals surface area contributed by atoms with Crippen LogP contribution >= 0.6 is 0 Å². The van der Waals surface area contributed by atoms with Crippen LogP contribution in [0.25, 0.3) is 0 Å². The normalized spacial score (nSPS) is 15.6. The lowest BCUT2D eigenvalue weighted by Gasteiger charge is -2.32. The van der Waals surface area contributed by atoms with Crippen LogP contribution in [0.4, 0.5) is 0 Å². The summed E-state index contributed by atoms with van der Waals surface area (Å²) in [4.78, 5) is 4.43. The standard InChI is InChI=1S/C11H23N3/c1-6-11(8-12)14(7-2)10(3)9-13(4)5/h10-11H,6-7,9H2,1-5H3. The Morgan fingerprint density at radius 1 is 1.29 bits per heavy atom. The molecule has 0 fully saturated rings. The van der Waals surface area contributed by atoms with Crippen molar-refractivity contribution >= 4 is 0 Å². The van der Waals surface area contributed by atoms with E-state index in [2.05, 4.69) is 50.7 Å². The second kappa shape index (κ2) is 6.80. The van der Waals surface area contributed by atoms with Gasteiger partial charge in [-0.15, -0.1) is 0 Å². The minimum atomic E-state index is 0.0648. The third-order valence-corrected chi connectivity index (χ3v) is 2.50. The quantitative estimate of drug-likeness (QED) is 0.647. The summed E-state index contributed by atoms with van der Waals surface area (Å²) in [6.45, 7) is 8.32. The first kappa shape index (κ1) is 13.4. The fourth-order valence-corrected chi connectivity index (χ4v) is 1.87. The lowest BCUT2D eigenvalue weighted by molar-refractivity contribution is 0.151. The molecule has 14 heavy (non-hydrogen) atoms. The van der Waals surface area contributed by atoms with Crippen LogP contribution in [-0.4, -0.2) is 49.1 Å². The van der Waals surface area contributed by atoms with Crippen LogP contribution in [-0.2, 0) is 0 Å². The molecule has 0 aliphatic heterocycles. The van der Waals surface area contributed by atoms with Crippen LogP contribution in [0.1, 0.15) is 27.2 Å². The maximum Gasteiger partial charge on any atom is 0.0977 e. The molecular weight excluding hydrogens is 174 g/mol. The van der Waals surface area contributed by atoms with Crippen LogP contribution in [0.3, 0.4) is 0 Å². The van der Waals surface area contributed by atoms with E-state index in [0.29, 0.717) is 6.04 Å². The van der Waals surface area contributed by atoms with Gasteiger partial charge in [0.25, 0.3) is 0 Å². The van der Waals surface area contributed by atoms with Gasteiger partial charge in [-0.1, -0.05) is 13.8 Å². The Labute approximate surface area is 88.3 Å². The second-order valence-electron chi connectivity index (χ2n) is 3.99. The summed E-state index contributed by atoms with van der Waals surface area (Å²) in [5.41, 5.74) is 0. The molecule has 0 amide bonds. The molecule has 0 aliphatic carbocycles. The smallest absolute Gasteiger partial charge is 0.0977 e. The summed E-state index contributed by atoms with van der Waals surface area (Å²) in [5, 5.41) is 9.01. The zero-order chi connectivity index (χ0) is 11.1. The molecule has 0 bridgehead atoms. The Kier molecular flexibility index (Phi) is 6.52. The van der Waals surface area contributed by atoms with E-state index in [1.54, 1.807) is 0 Å². The van der Waals surface area contributed by atoms with Crippen LogP contribution in [0, 0.1) is 11.3 Å². The zero-order valence-electron chi connectivity index (χ0n) is 10.1. The van der Waals surface area contributed by atoms with Crippen molar-refractivity contribution in [3.63, 3.8) is 0 Å². The molecule has 2 atom stereocenters. The Bertz CT molecular complexity index is 183. The predicted molar refractivity (Wildman–Crippen MR) is 60.1 cm³/mol. The van der Waals surface area contributed by atoms with Gasteiger partial charge in [0, 0.05) is 12.6 Å². The van der Waals surface area contributed by atoms with Crippen molar-refractivity contribution in [2.45, 2.75) is 39.3 Å². The number of nitrogens with zero attached hydrogens (tertiary/aromatic N) is 3. The summed E-state index contributed by atoms with van der Waals surface area (Å²) in [5.74, 6) is 0. The van der Waals surface area contributed by atoms with E-state index in [4.69, 9.17) is 5.26 Å². The molecule has 0 spiro atoms. The highest BCUT2D eigenvalue weighted by Gasteiger charge is 2.20. The molecule has 0 saturated carbocycles. The molecule has 0 heterocycles. The summed E-state index contributed by atoms with van der Waals surface area (Å²) in [6, 6.07) is 2.87. The lowest BCUT2D eigenvalue weighted by Crippen LogP contribution is -2.45. The van der Waals surface area contributed by atoms with E-state index in [9.17, 15) is 0 Å². The van der Waals surface area contributed by atoms with E-state index in [-0.39, 0.29) is 6.04 Å². The van der Waals surface area contributed by atoms with Gasteiger partial charge < -0.3 is 4.90 Å². The molecule has 0 aromatic carbocycles. The molecular formula is C11H23N3. The minimum absolute atomic E-state index is 0.0648. The molecule has 0 radical (unpaired) electrons. The molecule has 2 unspecified atom stereocenters. The van der Waals surface area contributed by atoms with Gasteiger partial charge in [0.05, 0.1) is 12.1 Å². The van der Waals surface area contributed by atoms with Crippen LogP contribution < -0.4 is 0 Å². The van der Waals surface area contributed by atoms with Gasteiger partial charge in [0.1, 0.15) is 0 Å². The van der Waals surface area contributed by atoms with E-state index in [1.165, 1.54) is 0 Å². The highest BCUT2D eigenvalue weighted by atomic mass is 15.2. The first-order chi connectivity index (χ1) is 6.56. The van der Waals surface area contributed by atoms with E-state index in [0.717, 1.165) is 19.5 Å². The topological polar surface area (TPSA) is 30.3 Å². The van der Waals surface area contributed by atoms with Gasteiger partial charge in [-0.3, -0.25) is 4.90 Å².